The van der Waals surface area contributed by atoms with Crippen molar-refractivity contribution in [3.05, 3.63) is 35.4 Å². The Morgan fingerprint density at radius 2 is 2.36 bits per heavy atom. The summed E-state index contributed by atoms with van der Waals surface area (Å²) < 4.78 is 0. The minimum absolute atomic E-state index is 0.921. The highest BCUT2D eigenvalue weighted by atomic mass is 14.9. The Morgan fingerprint density at radius 3 is 3.36 bits per heavy atom. The molecule has 54 valence electrons. The van der Waals surface area contributed by atoms with E-state index in [9.17, 15) is 0 Å². The van der Waals surface area contributed by atoms with Crippen LogP contribution in [0.1, 0.15) is 0 Å². The van der Waals surface area contributed by atoms with E-state index in [1.54, 1.807) is 6.20 Å². The lowest BCUT2D eigenvalue weighted by Crippen LogP contribution is -2.28. The first kappa shape index (κ1) is 6.09. The Hall–Kier alpha value is -1.64. The van der Waals surface area contributed by atoms with Crippen molar-refractivity contribution >= 4 is 12.3 Å². The van der Waals surface area contributed by atoms with Gasteiger partial charge >= 0.3 is 0 Å². The van der Waals surface area contributed by atoms with Gasteiger partial charge in [0.05, 0.1) is 5.35 Å². The van der Waals surface area contributed by atoms with Crippen LogP contribution in [0.15, 0.2) is 24.8 Å². The molecule has 0 saturated heterocycles. The maximum Gasteiger partial charge on any atom is 0.116 e. The first-order valence-corrected chi connectivity index (χ1v) is 3.36. The zero-order valence-electron chi connectivity index (χ0n) is 5.86. The van der Waals surface area contributed by atoms with Crippen LogP contribution < -0.4 is 15.9 Å². The summed E-state index contributed by atoms with van der Waals surface area (Å²) in [4.78, 5) is 7.99. The summed E-state index contributed by atoms with van der Waals surface area (Å²) in [7, 11) is 0. The minimum atomic E-state index is 0.921. The Morgan fingerprint density at radius 1 is 1.36 bits per heavy atom. The average molecular weight is 145 g/mol. The van der Waals surface area contributed by atoms with Gasteiger partial charge in [0.1, 0.15) is 6.33 Å². The lowest BCUT2D eigenvalue weighted by molar-refractivity contribution is 1.09. The molecule has 0 radical (unpaired) electrons. The van der Waals surface area contributed by atoms with Gasteiger partial charge < -0.3 is 5.32 Å². The number of allylic oxidation sites excluding steroid dienone is 1. The molecule has 1 aliphatic rings. The van der Waals surface area contributed by atoms with Gasteiger partial charge in [-0.1, -0.05) is 0 Å². The van der Waals surface area contributed by atoms with Crippen molar-refractivity contribution in [1.29, 1.82) is 0 Å². The number of aromatic nitrogens is 2. The molecule has 2 heterocycles. The van der Waals surface area contributed by atoms with E-state index in [1.165, 1.54) is 6.33 Å². The molecule has 0 amide bonds. The summed E-state index contributed by atoms with van der Waals surface area (Å²) in [5.41, 5.74) is 0. The van der Waals surface area contributed by atoms with Gasteiger partial charge in [0.15, 0.2) is 0 Å². The number of nitrogens with zero attached hydrogens (tertiary/aromatic N) is 2. The van der Waals surface area contributed by atoms with Gasteiger partial charge in [-0.3, -0.25) is 0 Å². The number of hydrogen-bond donors (Lipinski definition) is 1. The zero-order valence-corrected chi connectivity index (χ0v) is 5.86. The van der Waals surface area contributed by atoms with Crippen molar-refractivity contribution in [1.82, 2.24) is 15.3 Å². The first-order chi connectivity index (χ1) is 5.47. The molecule has 0 atom stereocenters. The van der Waals surface area contributed by atoms with Crippen molar-refractivity contribution < 1.29 is 0 Å². The number of rotatable bonds is 0. The van der Waals surface area contributed by atoms with Crippen LogP contribution >= 0.6 is 0 Å². The van der Waals surface area contributed by atoms with Gasteiger partial charge in [-0.2, -0.15) is 0 Å². The van der Waals surface area contributed by atoms with E-state index < -0.39 is 0 Å². The Kier molecular flexibility index (Phi) is 1.41. The maximum absolute atomic E-state index is 4.08. The van der Waals surface area contributed by atoms with Gasteiger partial charge in [0.25, 0.3) is 0 Å². The van der Waals surface area contributed by atoms with E-state index >= 15 is 0 Å². The van der Waals surface area contributed by atoms with Crippen molar-refractivity contribution in [3.8, 4) is 0 Å². The average Bonchev–Trinajstić information content (AvgIpc) is 2.28. The van der Waals surface area contributed by atoms with E-state index in [2.05, 4.69) is 15.3 Å². The summed E-state index contributed by atoms with van der Waals surface area (Å²) >= 11 is 0. The maximum atomic E-state index is 4.08. The first-order valence-electron chi connectivity index (χ1n) is 3.36. The van der Waals surface area contributed by atoms with Crippen molar-refractivity contribution in [2.24, 2.45) is 0 Å². The Labute approximate surface area is 63.8 Å². The molecule has 1 N–H and O–H groups in total. The summed E-state index contributed by atoms with van der Waals surface area (Å²) in [6.45, 7) is 0. The molecule has 3 nitrogen and oxygen atoms in total. The molecule has 1 aliphatic heterocycles. The number of fused-ring (bicyclic) bond motifs is 1. The van der Waals surface area contributed by atoms with Gasteiger partial charge in [0.2, 0.25) is 0 Å². The highest BCUT2D eigenvalue weighted by Crippen LogP contribution is 1.73. The molecule has 0 spiro atoms. The molecule has 0 fully saturated rings. The topological polar surface area (TPSA) is 37.8 Å². The molecule has 0 bridgehead atoms. The van der Waals surface area contributed by atoms with E-state index in [0.717, 1.165) is 10.6 Å². The van der Waals surface area contributed by atoms with Crippen LogP contribution in [0, 0.1) is 0 Å². The monoisotopic (exact) mass is 145 g/mol. The lowest BCUT2D eigenvalue weighted by Gasteiger charge is -1.85. The standard InChI is InChI=1S/C8H7N3/c1-2-7-4-10-6-11-8(7)5-9-3-1/h1-6,9H. The minimum Gasteiger partial charge on any atom is -0.366 e. The number of nitrogens with one attached hydrogen (secondary N) is 1. The highest BCUT2D eigenvalue weighted by molar-refractivity contribution is 5.40. The zero-order chi connectivity index (χ0) is 7.52. The van der Waals surface area contributed by atoms with Crippen LogP contribution in [0.3, 0.4) is 0 Å². The van der Waals surface area contributed by atoms with Crippen molar-refractivity contribution in [2.45, 2.75) is 0 Å². The molecule has 0 unspecified atom stereocenters. The van der Waals surface area contributed by atoms with Crippen LogP contribution in [-0.2, 0) is 0 Å². The van der Waals surface area contributed by atoms with Crippen molar-refractivity contribution in [2.75, 3.05) is 0 Å². The Balaban J connectivity index is 2.81. The molecular weight excluding hydrogens is 138 g/mol. The van der Waals surface area contributed by atoms with Gasteiger partial charge in [-0.15, -0.1) is 0 Å². The quantitative estimate of drug-likeness (QED) is 0.514. The summed E-state index contributed by atoms with van der Waals surface area (Å²) in [6.07, 6.45) is 10.9. The van der Waals surface area contributed by atoms with E-state index in [1.807, 2.05) is 24.6 Å². The van der Waals surface area contributed by atoms with E-state index in [4.69, 9.17) is 0 Å². The molecule has 1 aromatic rings. The molecule has 3 heteroatoms. The molecule has 0 aromatic carbocycles. The third-order valence-electron chi connectivity index (χ3n) is 1.46. The molecule has 0 aliphatic carbocycles. The normalized spacial score (nSPS) is 13.5. The predicted octanol–water partition coefficient (Wildman–Crippen LogP) is -0.888. The van der Waals surface area contributed by atoms with Gasteiger partial charge in [0, 0.05) is 23.8 Å². The molecule has 1 aromatic heterocycles. The third-order valence-corrected chi connectivity index (χ3v) is 1.46. The summed E-state index contributed by atoms with van der Waals surface area (Å²) in [5.74, 6) is 0. The van der Waals surface area contributed by atoms with Crippen LogP contribution in [0.5, 0.6) is 0 Å². The number of hydrogen-bond acceptors (Lipinski definition) is 3. The van der Waals surface area contributed by atoms with Gasteiger partial charge in [-0.05, 0) is 12.2 Å². The fourth-order valence-corrected chi connectivity index (χ4v) is 0.933. The second kappa shape index (κ2) is 2.54. The van der Waals surface area contributed by atoms with E-state index in [-0.39, 0.29) is 0 Å². The molecule has 0 saturated carbocycles. The van der Waals surface area contributed by atoms with Crippen LogP contribution in [0.2, 0.25) is 0 Å². The fourth-order valence-electron chi connectivity index (χ4n) is 0.933. The van der Waals surface area contributed by atoms with Crippen LogP contribution in [0.4, 0.5) is 0 Å². The molecule has 11 heavy (non-hydrogen) atoms. The molecule has 2 rings (SSSR count). The SMILES string of the molecule is C1=CNC=c2ncncc2=C1. The second-order valence-corrected chi connectivity index (χ2v) is 2.20. The smallest absolute Gasteiger partial charge is 0.116 e. The Bertz CT molecular complexity index is 392. The van der Waals surface area contributed by atoms with E-state index in [0.29, 0.717) is 0 Å². The summed E-state index contributed by atoms with van der Waals surface area (Å²) in [5, 5.41) is 4.93. The fraction of sp³-hybridized carbons (Fsp3) is 0. The lowest BCUT2D eigenvalue weighted by atomic mass is 10.4. The van der Waals surface area contributed by atoms with Crippen LogP contribution in [-0.4, -0.2) is 9.97 Å². The van der Waals surface area contributed by atoms with Gasteiger partial charge in [-0.25, -0.2) is 9.97 Å². The summed E-state index contributed by atoms with van der Waals surface area (Å²) in [6, 6.07) is 0. The largest absolute Gasteiger partial charge is 0.366 e. The third kappa shape index (κ3) is 1.12. The predicted molar refractivity (Wildman–Crippen MR) is 42.5 cm³/mol. The second-order valence-electron chi connectivity index (χ2n) is 2.20. The van der Waals surface area contributed by atoms with Crippen molar-refractivity contribution in [3.63, 3.8) is 0 Å². The van der Waals surface area contributed by atoms with Crippen LogP contribution in [0.25, 0.3) is 12.3 Å². The molecular formula is C8H7N3. The highest BCUT2D eigenvalue weighted by Gasteiger charge is 1.85.